The van der Waals surface area contributed by atoms with Crippen molar-refractivity contribution in [2.45, 2.75) is 12.6 Å². The minimum Gasteiger partial charge on any atom is -0.444 e. The number of aromatic nitrogens is 2. The number of furan rings is 1. The Morgan fingerprint density at radius 3 is 3.10 bits per heavy atom. The van der Waals surface area contributed by atoms with Crippen LogP contribution in [-0.4, -0.2) is 40.8 Å². The lowest BCUT2D eigenvalue weighted by atomic mass is 10.2. The summed E-state index contributed by atoms with van der Waals surface area (Å²) in [6.07, 6.45) is 0. The number of nitriles is 1. The molecule has 1 fully saturated rings. The van der Waals surface area contributed by atoms with E-state index in [1.807, 2.05) is 4.90 Å². The van der Waals surface area contributed by atoms with E-state index in [2.05, 4.69) is 37.5 Å². The van der Waals surface area contributed by atoms with E-state index in [9.17, 15) is 0 Å². The molecule has 20 heavy (non-hydrogen) atoms. The first-order chi connectivity index (χ1) is 9.76. The molecule has 0 aromatic carbocycles. The Labute approximate surface area is 123 Å². The highest BCUT2D eigenvalue weighted by atomic mass is 79.9. The maximum Gasteiger partial charge on any atom is 0.283 e. The van der Waals surface area contributed by atoms with Crippen molar-refractivity contribution in [3.63, 3.8) is 0 Å². The molecule has 7 nitrogen and oxygen atoms in total. The van der Waals surface area contributed by atoms with E-state index in [0.29, 0.717) is 35.3 Å². The average molecular weight is 338 g/mol. The molecule has 0 aliphatic carbocycles. The average Bonchev–Trinajstić information content (AvgIpc) is 3.08. The Bertz CT molecular complexity index is 632. The van der Waals surface area contributed by atoms with Crippen LogP contribution in [-0.2, 0) is 6.54 Å². The van der Waals surface area contributed by atoms with E-state index >= 15 is 0 Å². The topological polar surface area (TPSA) is 91.1 Å². The Morgan fingerprint density at radius 1 is 1.45 bits per heavy atom. The molecule has 1 atom stereocenters. The van der Waals surface area contributed by atoms with Gasteiger partial charge in [0.1, 0.15) is 6.04 Å². The van der Waals surface area contributed by atoms with Crippen molar-refractivity contribution in [3.05, 3.63) is 22.7 Å². The molecule has 0 spiro atoms. The summed E-state index contributed by atoms with van der Waals surface area (Å²) in [7, 11) is 0. The van der Waals surface area contributed by atoms with Gasteiger partial charge < -0.3 is 14.2 Å². The highest BCUT2D eigenvalue weighted by molar-refractivity contribution is 9.10. The molecule has 0 saturated carbocycles. The first-order valence-electron chi connectivity index (χ1n) is 6.19. The summed E-state index contributed by atoms with van der Waals surface area (Å²) in [5.41, 5.74) is 0. The van der Waals surface area contributed by atoms with E-state index in [4.69, 9.17) is 14.1 Å². The standard InChI is InChI=1S/C12H12BrN5O2/c13-10-2-1-9(19-10)12-17-16-11(20-12)7-18-4-3-15-6-8(18)5-14/h1-2,8,15H,3-4,6-7H2. The van der Waals surface area contributed by atoms with Gasteiger partial charge in [0.25, 0.3) is 5.89 Å². The van der Waals surface area contributed by atoms with E-state index in [1.54, 1.807) is 12.1 Å². The Morgan fingerprint density at radius 2 is 2.35 bits per heavy atom. The van der Waals surface area contributed by atoms with E-state index in [0.717, 1.165) is 13.1 Å². The highest BCUT2D eigenvalue weighted by Gasteiger charge is 2.24. The van der Waals surface area contributed by atoms with Crippen LogP contribution in [0.5, 0.6) is 0 Å². The fourth-order valence-corrected chi connectivity index (χ4v) is 2.39. The second-order valence-corrected chi connectivity index (χ2v) is 5.21. The van der Waals surface area contributed by atoms with Gasteiger partial charge in [-0.15, -0.1) is 10.2 Å². The van der Waals surface area contributed by atoms with Crippen LogP contribution in [0.4, 0.5) is 0 Å². The van der Waals surface area contributed by atoms with Crippen molar-refractivity contribution < 1.29 is 8.83 Å². The highest BCUT2D eigenvalue weighted by Crippen LogP contribution is 2.24. The molecule has 8 heteroatoms. The van der Waals surface area contributed by atoms with Crippen LogP contribution in [0.15, 0.2) is 25.6 Å². The van der Waals surface area contributed by atoms with Crippen molar-refractivity contribution in [2.24, 2.45) is 0 Å². The summed E-state index contributed by atoms with van der Waals surface area (Å²) in [6, 6.07) is 5.61. The smallest absolute Gasteiger partial charge is 0.283 e. The fourth-order valence-electron chi connectivity index (χ4n) is 2.08. The lowest BCUT2D eigenvalue weighted by Gasteiger charge is -2.30. The lowest BCUT2D eigenvalue weighted by Crippen LogP contribution is -2.50. The van der Waals surface area contributed by atoms with Gasteiger partial charge in [-0.25, -0.2) is 0 Å². The maximum absolute atomic E-state index is 9.11. The van der Waals surface area contributed by atoms with Crippen LogP contribution in [0.1, 0.15) is 5.89 Å². The van der Waals surface area contributed by atoms with Crippen molar-refractivity contribution in [1.82, 2.24) is 20.4 Å². The van der Waals surface area contributed by atoms with Crippen molar-refractivity contribution in [1.29, 1.82) is 5.26 Å². The monoisotopic (exact) mass is 337 g/mol. The van der Waals surface area contributed by atoms with Crippen LogP contribution >= 0.6 is 15.9 Å². The van der Waals surface area contributed by atoms with E-state index < -0.39 is 0 Å². The summed E-state index contributed by atoms with van der Waals surface area (Å²) in [5, 5.41) is 20.3. The summed E-state index contributed by atoms with van der Waals surface area (Å²) in [4.78, 5) is 2.02. The quantitative estimate of drug-likeness (QED) is 0.904. The first kappa shape index (κ1) is 13.3. The summed E-state index contributed by atoms with van der Waals surface area (Å²) in [6.45, 7) is 2.75. The predicted molar refractivity (Wildman–Crippen MR) is 72.4 cm³/mol. The number of rotatable bonds is 3. The largest absolute Gasteiger partial charge is 0.444 e. The minimum atomic E-state index is -0.170. The van der Waals surface area contributed by atoms with Crippen LogP contribution < -0.4 is 5.32 Å². The van der Waals surface area contributed by atoms with Gasteiger partial charge in [-0.1, -0.05) is 0 Å². The van der Waals surface area contributed by atoms with E-state index in [1.165, 1.54) is 0 Å². The molecule has 1 aliphatic heterocycles. The molecule has 1 unspecified atom stereocenters. The molecular formula is C12H12BrN5O2. The van der Waals surface area contributed by atoms with Crippen molar-refractivity contribution >= 4 is 15.9 Å². The lowest BCUT2D eigenvalue weighted by molar-refractivity contribution is 0.173. The number of hydrogen-bond acceptors (Lipinski definition) is 7. The number of piperazine rings is 1. The third-order valence-electron chi connectivity index (χ3n) is 3.09. The van der Waals surface area contributed by atoms with Crippen LogP contribution in [0.3, 0.4) is 0 Å². The zero-order chi connectivity index (χ0) is 13.9. The summed E-state index contributed by atoms with van der Waals surface area (Å²) < 4.78 is 11.5. The molecule has 1 N–H and O–H groups in total. The molecule has 104 valence electrons. The van der Waals surface area contributed by atoms with Crippen LogP contribution in [0.25, 0.3) is 11.7 Å². The molecule has 0 radical (unpaired) electrons. The van der Waals surface area contributed by atoms with Gasteiger partial charge in [-0.2, -0.15) is 5.26 Å². The second-order valence-electron chi connectivity index (χ2n) is 4.42. The molecule has 1 saturated heterocycles. The minimum absolute atomic E-state index is 0.170. The Hall–Kier alpha value is -1.69. The SMILES string of the molecule is N#CC1CNCCN1Cc1nnc(-c2ccc(Br)o2)o1. The number of nitrogens with one attached hydrogen (secondary N) is 1. The summed E-state index contributed by atoms with van der Waals surface area (Å²) in [5.74, 6) is 1.34. The molecular weight excluding hydrogens is 326 g/mol. The van der Waals surface area contributed by atoms with Gasteiger partial charge >= 0.3 is 0 Å². The fraction of sp³-hybridized carbons (Fsp3) is 0.417. The van der Waals surface area contributed by atoms with Gasteiger partial charge in [0.15, 0.2) is 10.4 Å². The molecule has 0 bridgehead atoms. The number of nitrogens with zero attached hydrogens (tertiary/aromatic N) is 4. The molecule has 1 aliphatic rings. The normalized spacial score (nSPS) is 19.9. The molecule has 0 amide bonds. The van der Waals surface area contributed by atoms with Crippen LogP contribution in [0.2, 0.25) is 0 Å². The third kappa shape index (κ3) is 2.75. The molecule has 2 aromatic rings. The van der Waals surface area contributed by atoms with Crippen LogP contribution in [0, 0.1) is 11.3 Å². The Balaban J connectivity index is 1.72. The predicted octanol–water partition coefficient (Wildman–Crippen LogP) is 1.39. The zero-order valence-electron chi connectivity index (χ0n) is 10.5. The summed E-state index contributed by atoms with van der Waals surface area (Å²) >= 11 is 3.23. The third-order valence-corrected chi connectivity index (χ3v) is 3.52. The second kappa shape index (κ2) is 5.75. The van der Waals surface area contributed by atoms with Crippen molar-refractivity contribution in [2.75, 3.05) is 19.6 Å². The van der Waals surface area contributed by atoms with E-state index in [-0.39, 0.29) is 6.04 Å². The van der Waals surface area contributed by atoms with Gasteiger partial charge in [0.2, 0.25) is 5.89 Å². The van der Waals surface area contributed by atoms with Gasteiger partial charge in [0.05, 0.1) is 12.6 Å². The molecule has 2 aromatic heterocycles. The molecule has 3 heterocycles. The van der Waals surface area contributed by atoms with Gasteiger partial charge in [-0.05, 0) is 28.1 Å². The first-order valence-corrected chi connectivity index (χ1v) is 6.98. The van der Waals surface area contributed by atoms with Crippen molar-refractivity contribution in [3.8, 4) is 17.7 Å². The van der Waals surface area contributed by atoms with Gasteiger partial charge in [-0.3, -0.25) is 4.90 Å². The zero-order valence-corrected chi connectivity index (χ0v) is 12.1. The maximum atomic E-state index is 9.11. The Kier molecular flexibility index (Phi) is 3.82. The molecule has 3 rings (SSSR count). The number of hydrogen-bond donors (Lipinski definition) is 1. The number of halogens is 1. The van der Waals surface area contributed by atoms with Gasteiger partial charge in [0, 0.05) is 19.6 Å².